The summed E-state index contributed by atoms with van der Waals surface area (Å²) in [6.07, 6.45) is 5.24. The molecule has 5 nitrogen and oxygen atoms in total. The molecule has 2 heterocycles. The summed E-state index contributed by atoms with van der Waals surface area (Å²) in [5.74, 6) is 0.538. The fourth-order valence-electron chi connectivity index (χ4n) is 1.68. The average Bonchev–Trinajstić information content (AvgIpc) is 2.81. The number of anilines is 1. The van der Waals surface area contributed by atoms with Gasteiger partial charge in [-0.15, -0.1) is 0 Å². The van der Waals surface area contributed by atoms with E-state index in [2.05, 4.69) is 15.3 Å². The predicted molar refractivity (Wildman–Crippen MR) is 61.3 cm³/mol. The first-order valence-electron chi connectivity index (χ1n) is 5.25. The number of nitrogens with one attached hydrogen (secondary N) is 1. The first-order chi connectivity index (χ1) is 7.77. The zero-order valence-electron chi connectivity index (χ0n) is 8.82. The third kappa shape index (κ3) is 2.61. The van der Waals surface area contributed by atoms with Gasteiger partial charge in [-0.05, 0) is 12.8 Å². The highest BCUT2D eigenvalue weighted by molar-refractivity contribution is 6.31. The van der Waals surface area contributed by atoms with E-state index in [9.17, 15) is 4.79 Å². The highest BCUT2D eigenvalue weighted by Crippen LogP contribution is 2.14. The highest BCUT2D eigenvalue weighted by Gasteiger charge is 2.17. The van der Waals surface area contributed by atoms with Crippen LogP contribution in [-0.2, 0) is 4.79 Å². The Labute approximate surface area is 98.8 Å². The summed E-state index contributed by atoms with van der Waals surface area (Å²) in [4.78, 5) is 21.4. The Morgan fingerprint density at radius 3 is 2.75 bits per heavy atom. The molecule has 1 N–H and O–H groups in total. The van der Waals surface area contributed by atoms with Crippen molar-refractivity contribution >= 4 is 23.3 Å². The van der Waals surface area contributed by atoms with Crippen molar-refractivity contribution in [3.05, 3.63) is 17.5 Å². The first kappa shape index (κ1) is 11.1. The minimum Gasteiger partial charge on any atom is -0.358 e. The molecule has 16 heavy (non-hydrogen) atoms. The number of likely N-dealkylation sites (tertiary alicyclic amines) is 1. The molecule has 0 saturated carbocycles. The molecule has 0 spiro atoms. The lowest BCUT2D eigenvalue weighted by atomic mass is 10.4. The molecule has 0 radical (unpaired) electrons. The molecule has 1 aliphatic heterocycles. The molecule has 0 atom stereocenters. The zero-order valence-corrected chi connectivity index (χ0v) is 9.57. The van der Waals surface area contributed by atoms with Crippen molar-refractivity contribution in [1.82, 2.24) is 14.9 Å². The number of rotatable bonds is 3. The largest absolute Gasteiger partial charge is 0.358 e. The molecule has 0 bridgehead atoms. The van der Waals surface area contributed by atoms with Crippen LogP contribution in [0.4, 0.5) is 5.82 Å². The van der Waals surface area contributed by atoms with Gasteiger partial charge in [-0.25, -0.2) is 9.97 Å². The number of amides is 1. The van der Waals surface area contributed by atoms with Crippen molar-refractivity contribution in [2.24, 2.45) is 0 Å². The van der Waals surface area contributed by atoms with Gasteiger partial charge >= 0.3 is 0 Å². The smallest absolute Gasteiger partial charge is 0.241 e. The lowest BCUT2D eigenvalue weighted by Crippen LogP contribution is -2.33. The van der Waals surface area contributed by atoms with Crippen LogP contribution in [0.2, 0.25) is 5.15 Å². The summed E-state index contributed by atoms with van der Waals surface area (Å²) in [6, 6.07) is 0. The number of carbonyl (C=O) groups is 1. The van der Waals surface area contributed by atoms with E-state index in [0.29, 0.717) is 5.82 Å². The van der Waals surface area contributed by atoms with E-state index in [0.717, 1.165) is 25.9 Å². The van der Waals surface area contributed by atoms with Crippen LogP contribution in [0, 0.1) is 0 Å². The van der Waals surface area contributed by atoms with Crippen LogP contribution in [0.1, 0.15) is 12.8 Å². The molecule has 1 fully saturated rings. The van der Waals surface area contributed by atoms with Crippen molar-refractivity contribution in [3.63, 3.8) is 0 Å². The van der Waals surface area contributed by atoms with Crippen LogP contribution >= 0.6 is 11.6 Å². The lowest BCUT2D eigenvalue weighted by Gasteiger charge is -2.15. The summed E-state index contributed by atoms with van der Waals surface area (Å²) >= 11 is 5.81. The molecular weight excluding hydrogens is 228 g/mol. The van der Waals surface area contributed by atoms with Crippen molar-refractivity contribution in [2.45, 2.75) is 12.8 Å². The fourth-order valence-corrected chi connectivity index (χ4v) is 1.85. The van der Waals surface area contributed by atoms with Gasteiger partial charge in [0.05, 0.1) is 6.54 Å². The standard InChI is InChI=1S/C10H13ClN4O/c11-9-10(13-4-3-12-9)14-7-8(16)15-5-1-2-6-15/h3-4H,1-2,5-7H2,(H,13,14). The molecule has 1 aromatic rings. The minimum absolute atomic E-state index is 0.0826. The predicted octanol–water partition coefficient (Wildman–Crippen LogP) is 1.16. The zero-order chi connectivity index (χ0) is 11.4. The van der Waals surface area contributed by atoms with Crippen molar-refractivity contribution in [1.29, 1.82) is 0 Å². The van der Waals surface area contributed by atoms with E-state index in [1.54, 1.807) is 0 Å². The van der Waals surface area contributed by atoms with Crippen molar-refractivity contribution in [2.75, 3.05) is 25.0 Å². The molecule has 86 valence electrons. The van der Waals surface area contributed by atoms with E-state index in [1.807, 2.05) is 4.90 Å². The minimum atomic E-state index is 0.0826. The SMILES string of the molecule is O=C(CNc1nccnc1Cl)N1CCCC1. The van der Waals surface area contributed by atoms with E-state index in [-0.39, 0.29) is 17.6 Å². The first-order valence-corrected chi connectivity index (χ1v) is 5.63. The quantitative estimate of drug-likeness (QED) is 0.862. The van der Waals surface area contributed by atoms with Gasteiger partial charge in [0.15, 0.2) is 11.0 Å². The molecule has 1 saturated heterocycles. The number of carbonyl (C=O) groups excluding carboxylic acids is 1. The van der Waals surface area contributed by atoms with Crippen LogP contribution < -0.4 is 5.32 Å². The van der Waals surface area contributed by atoms with E-state index in [4.69, 9.17) is 11.6 Å². The van der Waals surface area contributed by atoms with Crippen LogP contribution in [-0.4, -0.2) is 40.4 Å². The van der Waals surface area contributed by atoms with Crippen LogP contribution in [0.5, 0.6) is 0 Å². The summed E-state index contributed by atoms with van der Waals surface area (Å²) in [7, 11) is 0. The van der Waals surface area contributed by atoms with Gasteiger partial charge in [0.1, 0.15) is 0 Å². The highest BCUT2D eigenvalue weighted by atomic mass is 35.5. The molecule has 0 aliphatic carbocycles. The Morgan fingerprint density at radius 1 is 1.38 bits per heavy atom. The van der Waals surface area contributed by atoms with E-state index in [1.165, 1.54) is 12.4 Å². The molecule has 1 aliphatic rings. The lowest BCUT2D eigenvalue weighted by molar-refractivity contribution is -0.128. The molecular formula is C10H13ClN4O. The van der Waals surface area contributed by atoms with Gasteiger partial charge in [0.2, 0.25) is 5.91 Å². The number of hydrogen-bond acceptors (Lipinski definition) is 4. The van der Waals surface area contributed by atoms with Crippen LogP contribution in [0.15, 0.2) is 12.4 Å². The molecule has 1 amide bonds. The maximum Gasteiger partial charge on any atom is 0.241 e. The Bertz CT molecular complexity index is 379. The molecule has 2 rings (SSSR count). The van der Waals surface area contributed by atoms with Gasteiger partial charge in [0, 0.05) is 25.5 Å². The normalized spacial score (nSPS) is 15.2. The summed E-state index contributed by atoms with van der Waals surface area (Å²) in [5, 5.41) is 3.18. The Hall–Kier alpha value is -1.36. The Kier molecular flexibility index (Phi) is 3.56. The van der Waals surface area contributed by atoms with Crippen LogP contribution in [0.25, 0.3) is 0 Å². The third-order valence-corrected chi connectivity index (χ3v) is 2.80. The molecule has 0 aromatic carbocycles. The number of halogens is 1. The van der Waals surface area contributed by atoms with Gasteiger partial charge in [-0.3, -0.25) is 4.79 Å². The number of nitrogens with zero attached hydrogens (tertiary/aromatic N) is 3. The van der Waals surface area contributed by atoms with Gasteiger partial charge < -0.3 is 10.2 Å². The third-order valence-electron chi connectivity index (χ3n) is 2.52. The monoisotopic (exact) mass is 240 g/mol. The summed E-state index contributed by atoms with van der Waals surface area (Å²) in [6.45, 7) is 1.93. The van der Waals surface area contributed by atoms with Crippen molar-refractivity contribution < 1.29 is 4.79 Å². The van der Waals surface area contributed by atoms with Crippen LogP contribution in [0.3, 0.4) is 0 Å². The van der Waals surface area contributed by atoms with Gasteiger partial charge in [-0.2, -0.15) is 0 Å². The Balaban J connectivity index is 1.87. The summed E-state index contributed by atoms with van der Waals surface area (Å²) < 4.78 is 0. The maximum absolute atomic E-state index is 11.7. The van der Waals surface area contributed by atoms with Crippen molar-refractivity contribution in [3.8, 4) is 0 Å². The second-order valence-electron chi connectivity index (χ2n) is 3.64. The number of hydrogen-bond donors (Lipinski definition) is 1. The van der Waals surface area contributed by atoms with Gasteiger partial charge in [-0.1, -0.05) is 11.6 Å². The second-order valence-corrected chi connectivity index (χ2v) is 4.00. The number of aromatic nitrogens is 2. The fraction of sp³-hybridized carbons (Fsp3) is 0.500. The van der Waals surface area contributed by atoms with Gasteiger partial charge in [0.25, 0.3) is 0 Å². The molecule has 0 unspecified atom stereocenters. The molecule has 1 aromatic heterocycles. The maximum atomic E-state index is 11.7. The topological polar surface area (TPSA) is 58.1 Å². The van der Waals surface area contributed by atoms with E-state index < -0.39 is 0 Å². The Morgan fingerprint density at radius 2 is 2.06 bits per heavy atom. The second kappa shape index (κ2) is 5.12. The molecule has 6 heteroatoms. The van der Waals surface area contributed by atoms with E-state index >= 15 is 0 Å². The summed E-state index contributed by atoms with van der Waals surface area (Å²) in [5.41, 5.74) is 0. The average molecular weight is 241 g/mol.